The average Bonchev–Trinajstić information content (AvgIpc) is 3.08. The average molecular weight is 632 g/mol. The van der Waals surface area contributed by atoms with E-state index in [1.54, 1.807) is 0 Å². The largest absolute Gasteiger partial charge is 0.0654 e. The second kappa shape index (κ2) is 32.3. The van der Waals surface area contributed by atoms with E-state index in [0.717, 1.165) is 0 Å². The van der Waals surface area contributed by atoms with Crippen LogP contribution in [-0.2, 0) is 6.42 Å². The highest BCUT2D eigenvalue weighted by Crippen LogP contribution is 2.19. The molecule has 2 aromatic rings. The minimum Gasteiger partial charge on any atom is -0.0654 e. The molecule has 0 aliphatic heterocycles. The topological polar surface area (TPSA) is 0 Å². The predicted molar refractivity (Wildman–Crippen MR) is 209 cm³/mol. The maximum Gasteiger partial charge on any atom is -0.00643 e. The Morgan fingerprint density at radius 2 is 0.630 bits per heavy atom. The van der Waals surface area contributed by atoms with E-state index in [4.69, 9.17) is 0 Å². The normalized spacial score (nSPS) is 11.6. The Morgan fingerprint density at radius 3 is 0.978 bits per heavy atom. The molecule has 0 fully saturated rings. The van der Waals surface area contributed by atoms with Gasteiger partial charge in [-0.15, -0.1) is 0 Å². The van der Waals surface area contributed by atoms with Crippen LogP contribution >= 0.6 is 0 Å². The summed E-state index contributed by atoms with van der Waals surface area (Å²) in [7, 11) is 0. The van der Waals surface area contributed by atoms with Gasteiger partial charge in [-0.25, -0.2) is 0 Å². The van der Waals surface area contributed by atoms with Gasteiger partial charge in [0.05, 0.1) is 0 Å². The number of fused-ring (bicyclic) bond motifs is 1. The van der Waals surface area contributed by atoms with Crippen molar-refractivity contribution in [2.24, 2.45) is 0 Å². The van der Waals surface area contributed by atoms with Crippen molar-refractivity contribution in [2.45, 2.75) is 232 Å². The lowest BCUT2D eigenvalue weighted by molar-refractivity contribution is 0.511. The number of rotatable bonds is 35. The molecule has 0 aliphatic carbocycles. The summed E-state index contributed by atoms with van der Waals surface area (Å²) in [6, 6.07) is 16.7. The highest BCUT2D eigenvalue weighted by molar-refractivity contribution is 5.82. The monoisotopic (exact) mass is 632 g/mol. The van der Waals surface area contributed by atoms with Gasteiger partial charge in [0.15, 0.2) is 0 Å². The van der Waals surface area contributed by atoms with Crippen LogP contribution in [0.15, 0.2) is 36.4 Å². The van der Waals surface area contributed by atoms with E-state index in [1.165, 1.54) is 241 Å². The molecule has 46 heavy (non-hydrogen) atoms. The number of aryl methyl sites for hydroxylation is 1. The van der Waals surface area contributed by atoms with Crippen molar-refractivity contribution in [3.05, 3.63) is 48.0 Å². The molecular formula is C46H79. The van der Waals surface area contributed by atoms with E-state index in [2.05, 4.69) is 49.4 Å². The van der Waals surface area contributed by atoms with Crippen LogP contribution < -0.4 is 0 Å². The maximum absolute atomic E-state index is 3.60. The third-order valence-electron chi connectivity index (χ3n) is 10.5. The molecule has 0 heterocycles. The molecule has 0 nitrogen and oxygen atoms in total. The zero-order chi connectivity index (χ0) is 32.4. The zero-order valence-electron chi connectivity index (χ0n) is 31.2. The highest BCUT2D eigenvalue weighted by Gasteiger charge is 1.99. The predicted octanol–water partition coefficient (Wildman–Crippen LogP) is 16.5. The van der Waals surface area contributed by atoms with E-state index in [1.807, 2.05) is 0 Å². The van der Waals surface area contributed by atoms with Crippen LogP contribution in [0.25, 0.3) is 10.8 Å². The lowest BCUT2D eigenvalue weighted by Gasteiger charge is -2.05. The summed E-state index contributed by atoms with van der Waals surface area (Å²) < 4.78 is 0. The molecule has 2 rings (SSSR count). The first kappa shape index (κ1) is 40.9. The molecule has 0 aliphatic rings. The van der Waals surface area contributed by atoms with Crippen LogP contribution in [0.1, 0.15) is 231 Å². The SMILES string of the molecule is CCCCCCCCCCCCCCCCCCCCCCCCCCCCCCCCCCCCc1[c]c2ccccc2cc1. The van der Waals surface area contributed by atoms with Gasteiger partial charge in [-0.3, -0.25) is 0 Å². The fourth-order valence-electron chi connectivity index (χ4n) is 7.35. The van der Waals surface area contributed by atoms with E-state index >= 15 is 0 Å². The highest BCUT2D eigenvalue weighted by atomic mass is 14.1. The molecular weight excluding hydrogens is 553 g/mol. The number of benzene rings is 2. The van der Waals surface area contributed by atoms with E-state index in [0.29, 0.717) is 0 Å². The minimum atomic E-state index is 1.18. The Labute approximate surface area is 289 Å². The van der Waals surface area contributed by atoms with Crippen molar-refractivity contribution in [2.75, 3.05) is 0 Å². The Hall–Kier alpha value is -1.30. The van der Waals surface area contributed by atoms with Crippen molar-refractivity contribution >= 4 is 10.8 Å². The number of unbranched alkanes of at least 4 members (excludes halogenated alkanes) is 33. The lowest BCUT2D eigenvalue weighted by Crippen LogP contribution is -1.87. The molecule has 0 aromatic heterocycles. The van der Waals surface area contributed by atoms with E-state index in [9.17, 15) is 0 Å². The van der Waals surface area contributed by atoms with Crippen LogP contribution in [0.2, 0.25) is 0 Å². The van der Waals surface area contributed by atoms with Crippen LogP contribution in [0, 0.1) is 6.07 Å². The molecule has 0 unspecified atom stereocenters. The van der Waals surface area contributed by atoms with Gasteiger partial charge in [-0.1, -0.05) is 255 Å². The van der Waals surface area contributed by atoms with Crippen LogP contribution in [-0.4, -0.2) is 0 Å². The molecule has 0 atom stereocenters. The van der Waals surface area contributed by atoms with Gasteiger partial charge < -0.3 is 0 Å². The summed E-state index contributed by atoms with van der Waals surface area (Å²) in [5.74, 6) is 0. The van der Waals surface area contributed by atoms with Gasteiger partial charge in [0.1, 0.15) is 0 Å². The van der Waals surface area contributed by atoms with Crippen LogP contribution in [0.3, 0.4) is 0 Å². The minimum absolute atomic E-state index is 1.18. The smallest absolute Gasteiger partial charge is 0.00643 e. The summed E-state index contributed by atoms with van der Waals surface area (Å²) in [6.45, 7) is 2.31. The van der Waals surface area contributed by atoms with Gasteiger partial charge >= 0.3 is 0 Å². The Kier molecular flexibility index (Phi) is 28.7. The zero-order valence-corrected chi connectivity index (χ0v) is 31.2. The lowest BCUT2D eigenvalue weighted by atomic mass is 10.0. The number of hydrogen-bond acceptors (Lipinski definition) is 0. The van der Waals surface area contributed by atoms with Crippen molar-refractivity contribution in [1.29, 1.82) is 0 Å². The van der Waals surface area contributed by atoms with Crippen LogP contribution in [0.5, 0.6) is 0 Å². The molecule has 0 saturated heterocycles. The van der Waals surface area contributed by atoms with E-state index < -0.39 is 0 Å². The van der Waals surface area contributed by atoms with Crippen LogP contribution in [0.4, 0.5) is 0 Å². The standard InChI is InChI=1S/C46H79/c1-2-3-4-5-6-7-8-9-10-11-12-13-14-15-16-17-18-19-20-21-22-23-24-25-26-27-28-29-30-31-32-33-34-35-38-44-41-42-45-39-36-37-40-46(45)43-44/h36-37,39-42H,2-35,38H2,1H3. The molecule has 0 bridgehead atoms. The summed E-state index contributed by atoms with van der Waals surface area (Å²) in [4.78, 5) is 0. The molecule has 0 saturated carbocycles. The van der Waals surface area contributed by atoms with Crippen molar-refractivity contribution < 1.29 is 0 Å². The molecule has 0 N–H and O–H groups in total. The fourth-order valence-corrected chi connectivity index (χ4v) is 7.35. The third-order valence-corrected chi connectivity index (χ3v) is 10.5. The number of hydrogen-bond donors (Lipinski definition) is 0. The van der Waals surface area contributed by atoms with Crippen molar-refractivity contribution in [1.82, 2.24) is 0 Å². The molecule has 263 valence electrons. The summed E-state index contributed by atoms with van der Waals surface area (Å²) in [5.41, 5.74) is 1.38. The Morgan fingerprint density at radius 1 is 0.326 bits per heavy atom. The third kappa shape index (κ3) is 24.8. The van der Waals surface area contributed by atoms with Gasteiger partial charge in [-0.05, 0) is 35.2 Å². The van der Waals surface area contributed by atoms with Gasteiger partial charge in [-0.2, -0.15) is 0 Å². The first-order valence-corrected chi connectivity index (χ1v) is 21.3. The second-order valence-corrected chi connectivity index (χ2v) is 15.0. The molecule has 0 spiro atoms. The summed E-state index contributed by atoms with van der Waals surface area (Å²) in [6.07, 6.45) is 51.0. The second-order valence-electron chi connectivity index (χ2n) is 15.0. The first-order chi connectivity index (χ1) is 22.9. The van der Waals surface area contributed by atoms with Crippen molar-refractivity contribution in [3.8, 4) is 0 Å². The fraction of sp³-hybridized carbons (Fsp3) is 0.783. The Balaban J connectivity index is 1.17. The van der Waals surface area contributed by atoms with Crippen molar-refractivity contribution in [3.63, 3.8) is 0 Å². The first-order valence-electron chi connectivity index (χ1n) is 21.3. The molecule has 0 heteroatoms. The summed E-state index contributed by atoms with van der Waals surface area (Å²) in [5, 5.41) is 2.57. The molecule has 1 radical (unpaired) electrons. The summed E-state index contributed by atoms with van der Waals surface area (Å²) >= 11 is 0. The maximum atomic E-state index is 3.60. The quantitative estimate of drug-likeness (QED) is 0.0664. The molecule has 0 amide bonds. The Bertz CT molecular complexity index is 880. The van der Waals surface area contributed by atoms with Gasteiger partial charge in [0.25, 0.3) is 0 Å². The van der Waals surface area contributed by atoms with Gasteiger partial charge in [0.2, 0.25) is 0 Å². The molecule has 2 aromatic carbocycles. The van der Waals surface area contributed by atoms with Gasteiger partial charge in [0, 0.05) is 0 Å². The van der Waals surface area contributed by atoms with E-state index in [-0.39, 0.29) is 0 Å².